The first-order valence-electron chi connectivity index (χ1n) is 9.82. The molecule has 2 aromatic carbocycles. The van der Waals surface area contributed by atoms with Crippen LogP contribution in [0.2, 0.25) is 0 Å². The Labute approximate surface area is 192 Å². The van der Waals surface area contributed by atoms with Crippen LogP contribution in [0.15, 0.2) is 36.4 Å². The largest absolute Gasteiger partial charge is 0.491 e. The number of nitrogens with one attached hydrogen (secondary N) is 1. The Balaban J connectivity index is 1.79. The molecule has 170 valence electrons. The molecular formula is C22H17F3N4O3S. The third-order valence-electron chi connectivity index (χ3n) is 5.47. The van der Waals surface area contributed by atoms with Gasteiger partial charge in [-0.15, -0.1) is 0 Å². The van der Waals surface area contributed by atoms with E-state index in [0.29, 0.717) is 23.5 Å². The monoisotopic (exact) mass is 474 g/mol. The van der Waals surface area contributed by atoms with Crippen LogP contribution < -0.4 is 19.9 Å². The summed E-state index contributed by atoms with van der Waals surface area (Å²) in [6.45, 7) is 3.78. The topological polar surface area (TPSA) is 85.7 Å². The molecule has 0 bridgehead atoms. The second kappa shape index (κ2) is 7.74. The summed E-state index contributed by atoms with van der Waals surface area (Å²) < 4.78 is 46.0. The summed E-state index contributed by atoms with van der Waals surface area (Å²) in [6.07, 6.45) is -4.78. The number of fused-ring (bicyclic) bond motifs is 1. The van der Waals surface area contributed by atoms with Gasteiger partial charge in [0.05, 0.1) is 35.0 Å². The van der Waals surface area contributed by atoms with Crippen LogP contribution in [0.25, 0.3) is 0 Å². The van der Waals surface area contributed by atoms with Crippen molar-refractivity contribution in [3.05, 3.63) is 53.1 Å². The maximum absolute atomic E-state index is 13.5. The summed E-state index contributed by atoms with van der Waals surface area (Å²) >= 11 is 5.52. The smallest absolute Gasteiger partial charge is 0.417 e. The lowest BCUT2D eigenvalue weighted by atomic mass is 10.0. The minimum absolute atomic E-state index is 0.0409. The molecule has 0 aliphatic carbocycles. The van der Waals surface area contributed by atoms with Crippen molar-refractivity contribution in [3.8, 4) is 11.8 Å². The van der Waals surface area contributed by atoms with Gasteiger partial charge in [0.1, 0.15) is 17.9 Å². The molecule has 0 atom stereocenters. The molecule has 0 saturated carbocycles. The molecule has 2 aromatic rings. The summed E-state index contributed by atoms with van der Waals surface area (Å²) in [5.74, 6) is -0.532. The minimum atomic E-state index is -4.78. The van der Waals surface area contributed by atoms with E-state index in [0.717, 1.165) is 17.0 Å². The SMILES string of the molecule is CC1(C)C(=O)N(c2ccc(C#N)c(C(F)(F)F)c2)C(=S)N1c1ccc2c(c1)OCCNC2=O. The number of rotatable bonds is 2. The second-order valence-electron chi connectivity index (χ2n) is 7.94. The van der Waals surface area contributed by atoms with Crippen LogP contribution in [0.5, 0.6) is 5.75 Å². The number of nitriles is 1. The Hall–Kier alpha value is -3.65. The molecule has 2 aliphatic heterocycles. The fraction of sp³-hybridized carbons (Fsp3) is 0.273. The Kier molecular flexibility index (Phi) is 5.29. The number of hydrogen-bond donors (Lipinski definition) is 1. The normalized spacial score (nSPS) is 17.8. The number of amides is 2. The van der Waals surface area contributed by atoms with Crippen molar-refractivity contribution >= 4 is 40.5 Å². The van der Waals surface area contributed by atoms with E-state index < -0.39 is 28.7 Å². The van der Waals surface area contributed by atoms with Crippen LogP contribution in [0.4, 0.5) is 24.5 Å². The van der Waals surface area contributed by atoms with Crippen molar-refractivity contribution in [1.82, 2.24) is 5.32 Å². The highest BCUT2D eigenvalue weighted by Gasteiger charge is 2.51. The van der Waals surface area contributed by atoms with Crippen molar-refractivity contribution in [3.63, 3.8) is 0 Å². The third-order valence-corrected chi connectivity index (χ3v) is 5.83. The number of alkyl halides is 3. The molecule has 11 heteroatoms. The average Bonchev–Trinajstić information content (AvgIpc) is 2.86. The highest BCUT2D eigenvalue weighted by Crippen LogP contribution is 2.40. The van der Waals surface area contributed by atoms with Crippen molar-refractivity contribution < 1.29 is 27.5 Å². The molecule has 2 heterocycles. The summed E-state index contributed by atoms with van der Waals surface area (Å²) in [4.78, 5) is 28.0. The van der Waals surface area contributed by atoms with E-state index in [9.17, 15) is 22.8 Å². The predicted molar refractivity (Wildman–Crippen MR) is 117 cm³/mol. The zero-order valence-corrected chi connectivity index (χ0v) is 18.3. The number of nitrogens with zero attached hydrogens (tertiary/aromatic N) is 3. The molecule has 4 rings (SSSR count). The quantitative estimate of drug-likeness (QED) is 0.670. The van der Waals surface area contributed by atoms with E-state index in [1.54, 1.807) is 32.0 Å². The lowest BCUT2D eigenvalue weighted by Gasteiger charge is -2.29. The lowest BCUT2D eigenvalue weighted by Crippen LogP contribution is -2.44. The molecule has 0 unspecified atom stereocenters. The molecule has 2 amide bonds. The van der Waals surface area contributed by atoms with Crippen molar-refractivity contribution in [2.45, 2.75) is 25.6 Å². The van der Waals surface area contributed by atoms with Gasteiger partial charge in [0.2, 0.25) is 0 Å². The standard InChI is InChI=1S/C22H17F3N4O3S/c1-21(2)19(31)28(13-4-3-12(11-26)16(9-13)22(23,24)25)20(33)29(21)14-5-6-15-17(10-14)32-8-7-27-18(15)30/h3-6,9-10H,7-8H2,1-2H3,(H,27,30). The number of hydrogen-bond acceptors (Lipinski definition) is 5. The highest BCUT2D eigenvalue weighted by molar-refractivity contribution is 7.81. The maximum Gasteiger partial charge on any atom is 0.417 e. The molecule has 7 nitrogen and oxygen atoms in total. The van der Waals surface area contributed by atoms with Gasteiger partial charge in [-0.05, 0) is 56.4 Å². The number of carbonyl (C=O) groups excluding carboxylic acids is 2. The number of anilines is 2. The van der Waals surface area contributed by atoms with Gasteiger partial charge >= 0.3 is 6.18 Å². The van der Waals surface area contributed by atoms with Crippen molar-refractivity contribution in [2.24, 2.45) is 0 Å². The molecule has 1 N–H and O–H groups in total. The van der Waals surface area contributed by atoms with Gasteiger partial charge in [-0.3, -0.25) is 14.5 Å². The van der Waals surface area contributed by atoms with Crippen LogP contribution in [-0.2, 0) is 11.0 Å². The van der Waals surface area contributed by atoms with E-state index in [2.05, 4.69) is 5.32 Å². The minimum Gasteiger partial charge on any atom is -0.491 e. The zero-order chi connectivity index (χ0) is 24.1. The first-order valence-corrected chi connectivity index (χ1v) is 10.2. The van der Waals surface area contributed by atoms with Gasteiger partial charge in [-0.25, -0.2) is 0 Å². The second-order valence-corrected chi connectivity index (χ2v) is 8.31. The highest BCUT2D eigenvalue weighted by atomic mass is 32.1. The lowest BCUT2D eigenvalue weighted by molar-refractivity contribution is -0.137. The van der Waals surface area contributed by atoms with E-state index in [-0.39, 0.29) is 23.3 Å². The van der Waals surface area contributed by atoms with Gasteiger partial charge in [0.15, 0.2) is 5.11 Å². The molecule has 1 saturated heterocycles. The summed E-state index contributed by atoms with van der Waals surface area (Å²) in [6, 6.07) is 9.24. The van der Waals surface area contributed by atoms with Gasteiger partial charge in [-0.1, -0.05) is 0 Å². The number of carbonyl (C=O) groups is 2. The fourth-order valence-corrected chi connectivity index (χ4v) is 4.36. The average molecular weight is 474 g/mol. The predicted octanol–water partition coefficient (Wildman–Crippen LogP) is 3.62. The van der Waals surface area contributed by atoms with Crippen LogP contribution in [-0.4, -0.2) is 35.6 Å². The fourth-order valence-electron chi connectivity index (χ4n) is 3.84. The Morgan fingerprint density at radius 1 is 1.15 bits per heavy atom. The number of halogens is 3. The van der Waals surface area contributed by atoms with Crippen LogP contribution in [0, 0.1) is 11.3 Å². The molecular weight excluding hydrogens is 457 g/mol. The van der Waals surface area contributed by atoms with Gasteiger partial charge in [0, 0.05) is 11.8 Å². The Morgan fingerprint density at radius 2 is 1.85 bits per heavy atom. The molecule has 0 spiro atoms. The van der Waals surface area contributed by atoms with Gasteiger partial charge in [0.25, 0.3) is 11.8 Å². The molecule has 0 radical (unpaired) electrons. The summed E-state index contributed by atoms with van der Waals surface area (Å²) in [5.41, 5.74) is -2.29. The first kappa shape index (κ1) is 22.5. The molecule has 0 aromatic heterocycles. The van der Waals surface area contributed by atoms with Crippen molar-refractivity contribution in [2.75, 3.05) is 23.0 Å². The van der Waals surface area contributed by atoms with E-state index in [1.807, 2.05) is 0 Å². The van der Waals surface area contributed by atoms with Crippen LogP contribution in [0.3, 0.4) is 0 Å². The molecule has 1 fully saturated rings. The summed E-state index contributed by atoms with van der Waals surface area (Å²) in [7, 11) is 0. The van der Waals surface area contributed by atoms with Gasteiger partial charge in [-0.2, -0.15) is 18.4 Å². The number of ether oxygens (including phenoxy) is 1. The molecule has 2 aliphatic rings. The van der Waals surface area contributed by atoms with Gasteiger partial charge < -0.3 is 15.0 Å². The number of thiocarbonyl (C=S) groups is 1. The third kappa shape index (κ3) is 3.66. The van der Waals surface area contributed by atoms with Crippen LogP contribution in [0.1, 0.15) is 35.3 Å². The van der Waals surface area contributed by atoms with E-state index in [1.165, 1.54) is 17.0 Å². The summed E-state index contributed by atoms with van der Waals surface area (Å²) in [5, 5.41) is 11.7. The Morgan fingerprint density at radius 3 is 2.52 bits per heavy atom. The van der Waals surface area contributed by atoms with Crippen LogP contribution >= 0.6 is 12.2 Å². The van der Waals surface area contributed by atoms with Crippen molar-refractivity contribution in [1.29, 1.82) is 5.26 Å². The first-order chi connectivity index (χ1) is 15.5. The van der Waals surface area contributed by atoms with E-state index >= 15 is 0 Å². The maximum atomic E-state index is 13.5. The number of benzene rings is 2. The Bertz CT molecular complexity index is 1240. The zero-order valence-electron chi connectivity index (χ0n) is 17.5. The van der Waals surface area contributed by atoms with E-state index in [4.69, 9.17) is 22.2 Å². The molecule has 33 heavy (non-hydrogen) atoms.